The molecule has 5 heteroatoms. The van der Waals surface area contributed by atoms with Crippen molar-refractivity contribution in [3.8, 4) is 0 Å². The molecular formula is C18H17NO4. The van der Waals surface area contributed by atoms with Gasteiger partial charge < -0.3 is 9.47 Å². The highest BCUT2D eigenvalue weighted by Gasteiger charge is 2.65. The number of para-hydroxylation sites is 1. The molecular weight excluding hydrogens is 294 g/mol. The highest BCUT2D eigenvalue weighted by atomic mass is 16.6. The molecule has 1 aromatic rings. The molecule has 1 spiro atoms. The number of nitrogens with zero attached hydrogens (tertiary/aromatic N) is 1. The van der Waals surface area contributed by atoms with Gasteiger partial charge in [0.15, 0.2) is 0 Å². The normalized spacial score (nSPS) is 35.8. The van der Waals surface area contributed by atoms with Gasteiger partial charge in [-0.05, 0) is 12.1 Å². The Morgan fingerprint density at radius 2 is 2.00 bits per heavy atom. The predicted octanol–water partition coefficient (Wildman–Crippen LogP) is 1.70. The van der Waals surface area contributed by atoms with Crippen LogP contribution in [0.5, 0.6) is 0 Å². The summed E-state index contributed by atoms with van der Waals surface area (Å²) in [6.45, 7) is 4.53. The molecule has 2 saturated heterocycles. The standard InChI is InChI=1S/C18H17NO4/c1-2-13-14-15(18(23-13)9-6-10-22-11-18)17(21)19(16(14)20)12-7-4-3-5-8-12/h2-9,13-15H,1,10-11H2/t13-,14+,15-,18-/m1/s1. The van der Waals surface area contributed by atoms with Crippen molar-refractivity contribution in [1.82, 2.24) is 0 Å². The number of carbonyl (C=O) groups is 2. The summed E-state index contributed by atoms with van der Waals surface area (Å²) in [5.74, 6) is -1.58. The molecule has 0 aliphatic carbocycles. The fourth-order valence-electron chi connectivity index (χ4n) is 3.81. The third-order valence-corrected chi connectivity index (χ3v) is 4.78. The Hall–Kier alpha value is -2.24. The van der Waals surface area contributed by atoms with Gasteiger partial charge in [0, 0.05) is 0 Å². The van der Waals surface area contributed by atoms with Crippen LogP contribution in [0, 0.1) is 11.8 Å². The van der Waals surface area contributed by atoms with Crippen LogP contribution in [-0.2, 0) is 19.1 Å². The van der Waals surface area contributed by atoms with E-state index in [4.69, 9.17) is 9.47 Å². The van der Waals surface area contributed by atoms with Gasteiger partial charge in [0.1, 0.15) is 5.60 Å². The van der Waals surface area contributed by atoms with Crippen LogP contribution in [0.25, 0.3) is 0 Å². The fraction of sp³-hybridized carbons (Fsp3) is 0.333. The zero-order valence-corrected chi connectivity index (χ0v) is 12.6. The third-order valence-electron chi connectivity index (χ3n) is 4.78. The molecule has 1 aromatic carbocycles. The second-order valence-electron chi connectivity index (χ2n) is 6.04. The van der Waals surface area contributed by atoms with E-state index in [1.165, 1.54) is 4.90 Å². The number of benzene rings is 1. The van der Waals surface area contributed by atoms with E-state index in [1.807, 2.05) is 30.4 Å². The first-order valence-electron chi connectivity index (χ1n) is 7.67. The summed E-state index contributed by atoms with van der Waals surface area (Å²) in [5.41, 5.74) is -0.284. The van der Waals surface area contributed by atoms with Crippen molar-refractivity contribution in [3.05, 3.63) is 55.1 Å². The molecule has 118 valence electrons. The Morgan fingerprint density at radius 3 is 2.65 bits per heavy atom. The minimum atomic E-state index is -0.877. The van der Waals surface area contributed by atoms with Gasteiger partial charge in [-0.2, -0.15) is 0 Å². The second-order valence-corrected chi connectivity index (χ2v) is 6.04. The molecule has 4 rings (SSSR count). The molecule has 5 nitrogen and oxygen atoms in total. The molecule has 0 aromatic heterocycles. The number of rotatable bonds is 2. The molecule has 3 aliphatic heterocycles. The van der Waals surface area contributed by atoms with E-state index in [9.17, 15) is 9.59 Å². The van der Waals surface area contributed by atoms with Gasteiger partial charge in [-0.15, -0.1) is 6.58 Å². The van der Waals surface area contributed by atoms with Gasteiger partial charge in [0.2, 0.25) is 11.8 Å². The smallest absolute Gasteiger partial charge is 0.241 e. The zero-order valence-electron chi connectivity index (χ0n) is 12.6. The SMILES string of the molecule is C=C[C@H]1O[C@@]2(C=CCOC2)[C@H]2C(=O)N(c3ccccc3)C(=O)[C@@H]12. The fourth-order valence-corrected chi connectivity index (χ4v) is 3.81. The summed E-state index contributed by atoms with van der Waals surface area (Å²) < 4.78 is 11.5. The lowest BCUT2D eigenvalue weighted by Gasteiger charge is -2.32. The van der Waals surface area contributed by atoms with Gasteiger partial charge in [-0.3, -0.25) is 9.59 Å². The van der Waals surface area contributed by atoms with Crippen molar-refractivity contribution < 1.29 is 19.1 Å². The van der Waals surface area contributed by atoms with E-state index >= 15 is 0 Å². The number of hydrogen-bond acceptors (Lipinski definition) is 4. The van der Waals surface area contributed by atoms with E-state index in [0.29, 0.717) is 12.3 Å². The van der Waals surface area contributed by atoms with E-state index in [2.05, 4.69) is 6.58 Å². The van der Waals surface area contributed by atoms with E-state index in [1.54, 1.807) is 18.2 Å². The van der Waals surface area contributed by atoms with Crippen molar-refractivity contribution in [2.24, 2.45) is 11.8 Å². The summed E-state index contributed by atoms with van der Waals surface area (Å²) in [7, 11) is 0. The van der Waals surface area contributed by atoms with E-state index in [0.717, 1.165) is 0 Å². The lowest BCUT2D eigenvalue weighted by molar-refractivity contribution is -0.131. The first-order chi connectivity index (χ1) is 11.2. The van der Waals surface area contributed by atoms with Crippen LogP contribution in [0.4, 0.5) is 5.69 Å². The minimum absolute atomic E-state index is 0.230. The van der Waals surface area contributed by atoms with Gasteiger partial charge >= 0.3 is 0 Å². The average Bonchev–Trinajstić information content (AvgIpc) is 3.04. The summed E-state index contributed by atoms with van der Waals surface area (Å²) in [6, 6.07) is 9.00. The topological polar surface area (TPSA) is 55.8 Å². The third kappa shape index (κ3) is 1.93. The van der Waals surface area contributed by atoms with Crippen molar-refractivity contribution in [2.75, 3.05) is 18.1 Å². The molecule has 2 amide bonds. The summed E-state index contributed by atoms with van der Waals surface area (Å²) in [5, 5.41) is 0. The highest BCUT2D eigenvalue weighted by Crippen LogP contribution is 2.49. The van der Waals surface area contributed by atoms with Gasteiger partial charge in [0.25, 0.3) is 0 Å². The summed E-state index contributed by atoms with van der Waals surface area (Å²) >= 11 is 0. The number of anilines is 1. The monoisotopic (exact) mass is 311 g/mol. The van der Waals surface area contributed by atoms with Crippen molar-refractivity contribution in [1.29, 1.82) is 0 Å². The number of amides is 2. The Bertz CT molecular complexity index is 698. The number of carbonyl (C=O) groups excluding carboxylic acids is 2. The van der Waals surface area contributed by atoms with E-state index < -0.39 is 23.5 Å². The molecule has 0 saturated carbocycles. The van der Waals surface area contributed by atoms with E-state index in [-0.39, 0.29) is 18.4 Å². The predicted molar refractivity (Wildman–Crippen MR) is 83.7 cm³/mol. The summed E-state index contributed by atoms with van der Waals surface area (Å²) in [6.07, 6.45) is 4.83. The van der Waals surface area contributed by atoms with Gasteiger partial charge in [-0.25, -0.2) is 4.90 Å². The molecule has 4 atom stereocenters. The Labute approximate surface area is 134 Å². The van der Waals surface area contributed by atoms with Crippen molar-refractivity contribution in [3.63, 3.8) is 0 Å². The molecule has 3 heterocycles. The lowest BCUT2D eigenvalue weighted by atomic mass is 9.80. The van der Waals surface area contributed by atoms with Gasteiger partial charge in [-0.1, -0.05) is 36.4 Å². The molecule has 0 N–H and O–H groups in total. The van der Waals surface area contributed by atoms with Crippen LogP contribution in [0.2, 0.25) is 0 Å². The first-order valence-corrected chi connectivity index (χ1v) is 7.67. The number of hydrogen-bond donors (Lipinski definition) is 0. The lowest BCUT2D eigenvalue weighted by Crippen LogP contribution is -2.46. The molecule has 3 aliphatic rings. The molecule has 0 bridgehead atoms. The average molecular weight is 311 g/mol. The maximum absolute atomic E-state index is 13.0. The van der Waals surface area contributed by atoms with Crippen LogP contribution < -0.4 is 4.90 Å². The second kappa shape index (κ2) is 5.15. The number of ether oxygens (including phenoxy) is 2. The molecule has 0 unspecified atom stereocenters. The molecule has 23 heavy (non-hydrogen) atoms. The summed E-state index contributed by atoms with van der Waals surface area (Å²) in [4.78, 5) is 27.2. The Balaban J connectivity index is 1.80. The van der Waals surface area contributed by atoms with Gasteiger partial charge in [0.05, 0.1) is 36.8 Å². The minimum Gasteiger partial charge on any atom is -0.374 e. The Morgan fingerprint density at radius 1 is 1.22 bits per heavy atom. The van der Waals surface area contributed by atoms with Crippen LogP contribution in [0.15, 0.2) is 55.1 Å². The zero-order chi connectivity index (χ0) is 16.0. The maximum Gasteiger partial charge on any atom is 0.241 e. The Kier molecular flexibility index (Phi) is 3.21. The highest BCUT2D eigenvalue weighted by molar-refractivity contribution is 6.23. The maximum atomic E-state index is 13.0. The largest absolute Gasteiger partial charge is 0.374 e. The number of fused-ring (bicyclic) bond motifs is 2. The van der Waals surface area contributed by atoms with Crippen molar-refractivity contribution >= 4 is 17.5 Å². The molecule has 0 radical (unpaired) electrons. The molecule has 2 fully saturated rings. The van der Waals surface area contributed by atoms with Crippen LogP contribution in [-0.4, -0.2) is 36.7 Å². The first kappa shape index (κ1) is 14.4. The number of imide groups is 1. The van der Waals surface area contributed by atoms with Crippen LogP contribution in [0.1, 0.15) is 0 Å². The van der Waals surface area contributed by atoms with Crippen LogP contribution >= 0.6 is 0 Å². The quantitative estimate of drug-likeness (QED) is 0.616. The van der Waals surface area contributed by atoms with Crippen molar-refractivity contribution in [2.45, 2.75) is 11.7 Å². The van der Waals surface area contributed by atoms with Crippen LogP contribution in [0.3, 0.4) is 0 Å².